The molecule has 26 heavy (non-hydrogen) atoms. The number of hydrogen-bond donors (Lipinski definition) is 2. The van der Waals surface area contributed by atoms with Crippen LogP contribution in [0.25, 0.3) is 11.3 Å². The van der Waals surface area contributed by atoms with Gasteiger partial charge < -0.3 is 10.1 Å². The maximum atomic E-state index is 13.6. The van der Waals surface area contributed by atoms with E-state index in [1.54, 1.807) is 24.3 Å². The fourth-order valence-corrected chi connectivity index (χ4v) is 2.84. The van der Waals surface area contributed by atoms with Crippen LogP contribution in [-0.4, -0.2) is 22.7 Å². The Labute approximate surface area is 150 Å². The van der Waals surface area contributed by atoms with Crippen molar-refractivity contribution in [2.45, 2.75) is 18.8 Å². The number of halogens is 1. The molecule has 5 nitrogen and oxygen atoms in total. The van der Waals surface area contributed by atoms with E-state index in [0.717, 1.165) is 18.5 Å². The minimum atomic E-state index is -0.344. The smallest absolute Gasteiger partial charge is 0.262 e. The maximum absolute atomic E-state index is 13.6. The fourth-order valence-electron chi connectivity index (χ4n) is 2.84. The van der Waals surface area contributed by atoms with Crippen LogP contribution in [0.2, 0.25) is 0 Å². The van der Waals surface area contributed by atoms with Gasteiger partial charge in [0.25, 0.3) is 5.91 Å². The molecule has 1 aliphatic carbocycles. The normalized spacial score (nSPS) is 13.4. The number of nitrogens with zero attached hydrogens (tertiary/aromatic N) is 1. The van der Waals surface area contributed by atoms with Crippen molar-refractivity contribution in [3.8, 4) is 17.0 Å². The number of para-hydroxylation sites is 1. The van der Waals surface area contributed by atoms with Crippen LogP contribution < -0.4 is 10.1 Å². The van der Waals surface area contributed by atoms with Gasteiger partial charge in [-0.1, -0.05) is 30.3 Å². The van der Waals surface area contributed by atoms with Gasteiger partial charge in [-0.3, -0.25) is 9.89 Å². The minimum absolute atomic E-state index is 0.109. The van der Waals surface area contributed by atoms with Crippen LogP contribution in [0.1, 0.15) is 24.5 Å². The lowest BCUT2D eigenvalue weighted by atomic mass is 10.1. The average Bonchev–Trinajstić information content (AvgIpc) is 3.42. The Morgan fingerprint density at radius 3 is 2.73 bits per heavy atom. The lowest BCUT2D eigenvalue weighted by Gasteiger charge is -2.10. The van der Waals surface area contributed by atoms with E-state index in [1.807, 2.05) is 18.2 Å². The molecule has 2 aromatic carbocycles. The van der Waals surface area contributed by atoms with Crippen LogP contribution in [-0.2, 0) is 4.79 Å². The average molecular weight is 351 g/mol. The zero-order valence-electron chi connectivity index (χ0n) is 14.0. The van der Waals surface area contributed by atoms with Crippen LogP contribution in [0.5, 0.6) is 5.75 Å². The second-order valence-corrected chi connectivity index (χ2v) is 6.30. The second-order valence-electron chi connectivity index (χ2n) is 6.30. The first-order valence-corrected chi connectivity index (χ1v) is 8.52. The lowest BCUT2D eigenvalue weighted by molar-refractivity contribution is -0.118. The van der Waals surface area contributed by atoms with Crippen molar-refractivity contribution in [3.05, 3.63) is 66.1 Å². The summed E-state index contributed by atoms with van der Waals surface area (Å²) in [6.45, 7) is -0.109. The van der Waals surface area contributed by atoms with Gasteiger partial charge in [-0.15, -0.1) is 0 Å². The molecular formula is C20H18FN3O2. The molecule has 0 saturated heterocycles. The third kappa shape index (κ3) is 3.59. The van der Waals surface area contributed by atoms with Gasteiger partial charge in [0.2, 0.25) is 0 Å². The monoisotopic (exact) mass is 351 g/mol. The summed E-state index contributed by atoms with van der Waals surface area (Å²) in [5, 5.41) is 10.2. The Bertz CT molecular complexity index is 920. The number of benzene rings is 2. The summed E-state index contributed by atoms with van der Waals surface area (Å²) >= 11 is 0. The van der Waals surface area contributed by atoms with E-state index in [0.29, 0.717) is 28.6 Å². The molecule has 0 unspecified atom stereocenters. The van der Waals surface area contributed by atoms with E-state index >= 15 is 0 Å². The molecule has 6 heteroatoms. The molecule has 0 atom stereocenters. The van der Waals surface area contributed by atoms with Crippen molar-refractivity contribution in [3.63, 3.8) is 0 Å². The maximum Gasteiger partial charge on any atom is 0.262 e. The van der Waals surface area contributed by atoms with E-state index < -0.39 is 0 Å². The van der Waals surface area contributed by atoms with Gasteiger partial charge in [-0.05, 0) is 37.1 Å². The molecule has 3 aromatic rings. The highest BCUT2D eigenvalue weighted by Gasteiger charge is 2.31. The SMILES string of the molecule is O=C(COc1ccccc1)Nc1c(-c2cccc(F)c2)n[nH]c1C1CC1. The zero-order chi connectivity index (χ0) is 17.9. The Morgan fingerprint density at radius 2 is 2.00 bits per heavy atom. The number of nitrogens with one attached hydrogen (secondary N) is 2. The van der Waals surface area contributed by atoms with Crippen molar-refractivity contribution in [2.24, 2.45) is 0 Å². The Hall–Kier alpha value is -3.15. The molecular weight excluding hydrogens is 333 g/mol. The van der Waals surface area contributed by atoms with Crippen molar-refractivity contribution >= 4 is 11.6 Å². The highest BCUT2D eigenvalue weighted by Crippen LogP contribution is 2.45. The molecule has 0 aliphatic heterocycles. The summed E-state index contributed by atoms with van der Waals surface area (Å²) in [4.78, 5) is 12.4. The molecule has 1 heterocycles. The molecule has 1 amide bonds. The van der Waals surface area contributed by atoms with Gasteiger partial charge in [0.05, 0.1) is 11.4 Å². The van der Waals surface area contributed by atoms with E-state index in [4.69, 9.17) is 4.74 Å². The van der Waals surface area contributed by atoms with Crippen LogP contribution in [0, 0.1) is 5.82 Å². The molecule has 1 saturated carbocycles. The fraction of sp³-hybridized carbons (Fsp3) is 0.200. The van der Waals surface area contributed by atoms with Crippen molar-refractivity contribution in [1.29, 1.82) is 0 Å². The molecule has 0 radical (unpaired) electrons. The predicted octanol–water partition coefficient (Wildman–Crippen LogP) is 4.11. The lowest BCUT2D eigenvalue weighted by Crippen LogP contribution is -2.21. The van der Waals surface area contributed by atoms with Crippen LogP contribution in [0.4, 0.5) is 10.1 Å². The van der Waals surface area contributed by atoms with Gasteiger partial charge in [0.15, 0.2) is 6.61 Å². The number of anilines is 1. The summed E-state index contributed by atoms with van der Waals surface area (Å²) in [6.07, 6.45) is 2.10. The zero-order valence-corrected chi connectivity index (χ0v) is 14.0. The minimum Gasteiger partial charge on any atom is -0.484 e. The first-order chi connectivity index (χ1) is 12.7. The largest absolute Gasteiger partial charge is 0.484 e. The van der Waals surface area contributed by atoms with Gasteiger partial charge in [0, 0.05) is 11.5 Å². The van der Waals surface area contributed by atoms with Gasteiger partial charge in [0.1, 0.15) is 17.3 Å². The summed E-state index contributed by atoms with van der Waals surface area (Å²) in [6, 6.07) is 15.3. The third-order valence-electron chi connectivity index (χ3n) is 4.26. The Morgan fingerprint density at radius 1 is 1.19 bits per heavy atom. The van der Waals surface area contributed by atoms with Gasteiger partial charge in [-0.2, -0.15) is 5.10 Å². The standard InChI is InChI=1S/C20H18FN3O2/c21-15-6-4-5-14(11-15)19-20(18(23-24-19)13-9-10-13)22-17(25)12-26-16-7-2-1-3-8-16/h1-8,11,13H,9-10,12H2,(H,22,25)(H,23,24). The van der Waals surface area contributed by atoms with Crippen LogP contribution in [0.15, 0.2) is 54.6 Å². The van der Waals surface area contributed by atoms with Gasteiger partial charge >= 0.3 is 0 Å². The number of aromatic nitrogens is 2. The van der Waals surface area contributed by atoms with Gasteiger partial charge in [-0.25, -0.2) is 4.39 Å². The number of carbonyl (C=O) groups excluding carboxylic acids is 1. The molecule has 1 aliphatic rings. The topological polar surface area (TPSA) is 67.0 Å². The Kier molecular flexibility index (Phi) is 4.39. The number of hydrogen-bond acceptors (Lipinski definition) is 3. The molecule has 0 spiro atoms. The third-order valence-corrected chi connectivity index (χ3v) is 4.26. The molecule has 2 N–H and O–H groups in total. The number of aromatic amines is 1. The van der Waals surface area contributed by atoms with E-state index in [9.17, 15) is 9.18 Å². The summed E-state index contributed by atoms with van der Waals surface area (Å²) in [5.41, 5.74) is 2.66. The van der Waals surface area contributed by atoms with E-state index in [-0.39, 0.29) is 18.3 Å². The highest BCUT2D eigenvalue weighted by molar-refractivity contribution is 5.96. The molecule has 1 fully saturated rings. The van der Waals surface area contributed by atoms with Crippen molar-refractivity contribution in [1.82, 2.24) is 10.2 Å². The van der Waals surface area contributed by atoms with Crippen molar-refractivity contribution < 1.29 is 13.9 Å². The first-order valence-electron chi connectivity index (χ1n) is 8.52. The van der Waals surface area contributed by atoms with Crippen LogP contribution >= 0.6 is 0 Å². The van der Waals surface area contributed by atoms with Crippen LogP contribution in [0.3, 0.4) is 0 Å². The quantitative estimate of drug-likeness (QED) is 0.702. The number of H-pyrrole nitrogens is 1. The molecule has 0 bridgehead atoms. The summed E-state index contributed by atoms with van der Waals surface area (Å²) < 4.78 is 19.1. The molecule has 132 valence electrons. The van der Waals surface area contributed by atoms with E-state index in [1.165, 1.54) is 12.1 Å². The first kappa shape index (κ1) is 16.3. The summed E-state index contributed by atoms with van der Waals surface area (Å²) in [5.74, 6) is 0.357. The summed E-state index contributed by atoms with van der Waals surface area (Å²) in [7, 11) is 0. The number of ether oxygens (including phenoxy) is 1. The predicted molar refractivity (Wildman–Crippen MR) is 96.5 cm³/mol. The van der Waals surface area contributed by atoms with Crippen molar-refractivity contribution in [2.75, 3.05) is 11.9 Å². The highest BCUT2D eigenvalue weighted by atomic mass is 19.1. The number of carbonyl (C=O) groups is 1. The number of amides is 1. The molecule has 4 rings (SSSR count). The number of rotatable bonds is 6. The second kappa shape index (κ2) is 7.00. The Balaban J connectivity index is 1.54. The molecule has 1 aromatic heterocycles. The van der Waals surface area contributed by atoms with E-state index in [2.05, 4.69) is 15.5 Å².